The fourth-order valence-corrected chi connectivity index (χ4v) is 1.83. The molecule has 1 heterocycles. The molecule has 1 saturated heterocycles. The smallest absolute Gasteiger partial charge is 0.186 e. The topological polar surface area (TPSA) is 144 Å². The van der Waals surface area contributed by atoms with E-state index < -0.39 is 37.3 Å². The van der Waals surface area contributed by atoms with Crippen LogP contribution in [0.1, 0.15) is 0 Å². The molecule has 0 amide bonds. The Hall–Kier alpha value is -0.360. The molecule has 1 aliphatic heterocycles. The van der Waals surface area contributed by atoms with Gasteiger partial charge >= 0.3 is 0 Å². The largest absolute Gasteiger partial charge is 0.394 e. The van der Waals surface area contributed by atoms with Crippen molar-refractivity contribution in [2.75, 3.05) is 46.2 Å². The fraction of sp³-hybridized carbons (Fsp3) is 1.00. The Kier molecular flexibility index (Phi) is 9.24. The van der Waals surface area contributed by atoms with Crippen LogP contribution in [0.25, 0.3) is 0 Å². The van der Waals surface area contributed by atoms with Crippen molar-refractivity contribution in [1.29, 1.82) is 0 Å². The van der Waals surface area contributed by atoms with Crippen LogP contribution in [0.15, 0.2) is 0 Å². The highest BCUT2D eigenvalue weighted by Crippen LogP contribution is 2.21. The summed E-state index contributed by atoms with van der Waals surface area (Å²) in [6, 6.07) is 0. The lowest BCUT2D eigenvalue weighted by Gasteiger charge is -2.39. The van der Waals surface area contributed by atoms with E-state index in [-0.39, 0.29) is 13.2 Å². The van der Waals surface area contributed by atoms with E-state index in [9.17, 15) is 15.3 Å². The molecule has 5 atom stereocenters. The molecule has 1 fully saturated rings. The van der Waals surface area contributed by atoms with Gasteiger partial charge in [0.1, 0.15) is 24.4 Å². The molecule has 0 aliphatic carbocycles. The van der Waals surface area contributed by atoms with Gasteiger partial charge < -0.3 is 45.1 Å². The number of ether oxygens (including phenoxy) is 4. The van der Waals surface area contributed by atoms with Gasteiger partial charge in [-0.1, -0.05) is 0 Å². The number of aliphatic hydroxyl groups excluding tert-OH is 4. The maximum absolute atomic E-state index is 9.71. The van der Waals surface area contributed by atoms with Crippen molar-refractivity contribution in [2.45, 2.75) is 30.7 Å². The molecule has 0 aromatic carbocycles. The highest BCUT2D eigenvalue weighted by molar-refractivity contribution is 4.88. The molecule has 0 radical (unpaired) electrons. The van der Waals surface area contributed by atoms with E-state index in [2.05, 4.69) is 0 Å². The van der Waals surface area contributed by atoms with Crippen molar-refractivity contribution < 1.29 is 39.4 Å². The molecule has 0 bridgehead atoms. The van der Waals surface area contributed by atoms with E-state index in [0.29, 0.717) is 26.4 Å². The molecule has 1 aliphatic rings. The number of hydrogen-bond donors (Lipinski definition) is 5. The van der Waals surface area contributed by atoms with Crippen molar-refractivity contribution in [1.82, 2.24) is 0 Å². The van der Waals surface area contributed by atoms with Crippen LogP contribution in [0.2, 0.25) is 0 Å². The van der Waals surface area contributed by atoms with Crippen LogP contribution >= 0.6 is 0 Å². The van der Waals surface area contributed by atoms with Gasteiger partial charge in [-0.15, -0.1) is 0 Å². The third kappa shape index (κ3) is 6.10. The van der Waals surface area contributed by atoms with Gasteiger partial charge in [0.25, 0.3) is 0 Å². The van der Waals surface area contributed by atoms with E-state index >= 15 is 0 Å². The predicted octanol–water partition coefficient (Wildman–Crippen LogP) is -3.21. The lowest BCUT2D eigenvalue weighted by molar-refractivity contribution is -0.302. The summed E-state index contributed by atoms with van der Waals surface area (Å²) in [6.07, 6.45) is -6.32. The number of aliphatic hydroxyl groups is 4. The van der Waals surface area contributed by atoms with E-state index in [1.54, 1.807) is 0 Å². The second-order valence-electron chi connectivity index (χ2n) is 4.58. The minimum atomic E-state index is -1.44. The summed E-state index contributed by atoms with van der Waals surface area (Å²) in [6.45, 7) is 1.64. The first-order valence-corrected chi connectivity index (χ1v) is 6.89. The normalized spacial score (nSPS) is 33.3. The zero-order valence-corrected chi connectivity index (χ0v) is 11.8. The van der Waals surface area contributed by atoms with Gasteiger partial charge in [-0.3, -0.25) is 0 Å². The summed E-state index contributed by atoms with van der Waals surface area (Å²) in [5, 5.41) is 37.9. The molecule has 0 aromatic heterocycles. The Morgan fingerprint density at radius 1 is 0.857 bits per heavy atom. The molecule has 1 rings (SSSR count). The summed E-state index contributed by atoms with van der Waals surface area (Å²) in [4.78, 5) is 0. The third-order valence-corrected chi connectivity index (χ3v) is 2.99. The first-order chi connectivity index (χ1) is 10.1. The summed E-state index contributed by atoms with van der Waals surface area (Å²) in [5.41, 5.74) is 5.25. The summed E-state index contributed by atoms with van der Waals surface area (Å²) in [5.74, 6) is 0. The maximum Gasteiger partial charge on any atom is 0.186 e. The molecule has 9 heteroatoms. The Morgan fingerprint density at radius 2 is 1.48 bits per heavy atom. The molecule has 9 nitrogen and oxygen atoms in total. The van der Waals surface area contributed by atoms with Crippen LogP contribution in [-0.2, 0) is 18.9 Å². The van der Waals surface area contributed by atoms with E-state index in [1.165, 1.54) is 0 Å². The molecule has 21 heavy (non-hydrogen) atoms. The average molecular weight is 311 g/mol. The van der Waals surface area contributed by atoms with Crippen molar-refractivity contribution in [3.8, 4) is 0 Å². The predicted molar refractivity (Wildman–Crippen MR) is 70.4 cm³/mol. The molecule has 126 valence electrons. The van der Waals surface area contributed by atoms with E-state index in [1.807, 2.05) is 0 Å². The molecule has 0 aromatic rings. The lowest BCUT2D eigenvalue weighted by atomic mass is 9.99. The van der Waals surface area contributed by atoms with Crippen molar-refractivity contribution in [3.05, 3.63) is 0 Å². The van der Waals surface area contributed by atoms with Crippen LogP contribution in [0, 0.1) is 0 Å². The molecular weight excluding hydrogens is 286 g/mol. The van der Waals surface area contributed by atoms with Gasteiger partial charge in [-0.2, -0.15) is 0 Å². The third-order valence-electron chi connectivity index (χ3n) is 2.99. The second-order valence-corrected chi connectivity index (χ2v) is 4.58. The molecule has 0 saturated carbocycles. The van der Waals surface area contributed by atoms with Crippen LogP contribution in [0.5, 0.6) is 0 Å². The number of nitrogens with two attached hydrogens (primary N) is 1. The van der Waals surface area contributed by atoms with Crippen molar-refractivity contribution in [3.63, 3.8) is 0 Å². The van der Waals surface area contributed by atoms with Crippen LogP contribution in [0.4, 0.5) is 0 Å². The Balaban J connectivity index is 2.16. The summed E-state index contributed by atoms with van der Waals surface area (Å²) in [7, 11) is 0. The zero-order valence-electron chi connectivity index (χ0n) is 11.8. The number of rotatable bonds is 10. The molecule has 6 N–H and O–H groups in total. The average Bonchev–Trinajstić information content (AvgIpc) is 2.49. The first-order valence-electron chi connectivity index (χ1n) is 6.89. The fourth-order valence-electron chi connectivity index (χ4n) is 1.83. The molecule has 0 spiro atoms. The first kappa shape index (κ1) is 18.7. The molecular formula is C12H25NO8. The highest BCUT2D eigenvalue weighted by Gasteiger charge is 2.43. The minimum Gasteiger partial charge on any atom is -0.394 e. The molecule has 0 unspecified atom stereocenters. The van der Waals surface area contributed by atoms with Crippen molar-refractivity contribution in [2.24, 2.45) is 5.73 Å². The van der Waals surface area contributed by atoms with Gasteiger partial charge in [0.15, 0.2) is 6.29 Å². The summed E-state index contributed by atoms with van der Waals surface area (Å²) < 4.78 is 20.7. The lowest BCUT2D eigenvalue weighted by Crippen LogP contribution is -2.59. The van der Waals surface area contributed by atoms with Gasteiger partial charge in [0.05, 0.1) is 39.6 Å². The van der Waals surface area contributed by atoms with E-state index in [0.717, 1.165) is 0 Å². The van der Waals surface area contributed by atoms with Gasteiger partial charge in [0.2, 0.25) is 0 Å². The summed E-state index contributed by atoms with van der Waals surface area (Å²) >= 11 is 0. The number of hydrogen-bond acceptors (Lipinski definition) is 9. The quantitative estimate of drug-likeness (QED) is 0.263. The SMILES string of the molecule is NCCOCCOCCO[C@@H]1O[C@H](CO)[C@H](O)[C@H](O)[C@H]1O. The van der Waals surface area contributed by atoms with Crippen LogP contribution < -0.4 is 5.73 Å². The van der Waals surface area contributed by atoms with Crippen LogP contribution in [0.3, 0.4) is 0 Å². The second kappa shape index (κ2) is 10.4. The van der Waals surface area contributed by atoms with Gasteiger partial charge in [-0.25, -0.2) is 0 Å². The monoisotopic (exact) mass is 311 g/mol. The standard InChI is InChI=1S/C12H25NO8/c13-1-2-18-3-4-19-5-6-20-12-11(17)10(16)9(15)8(7-14)21-12/h8-12,14-17H,1-7,13H2/t8-,9+,10+,11-,12-/m1/s1. The Bertz CT molecular complexity index is 268. The minimum absolute atomic E-state index is 0.125. The van der Waals surface area contributed by atoms with Gasteiger partial charge in [-0.05, 0) is 0 Å². The highest BCUT2D eigenvalue weighted by atomic mass is 16.7. The van der Waals surface area contributed by atoms with Crippen LogP contribution in [-0.4, -0.2) is 97.3 Å². The zero-order chi connectivity index (χ0) is 15.7. The van der Waals surface area contributed by atoms with Crippen molar-refractivity contribution >= 4 is 0 Å². The van der Waals surface area contributed by atoms with Gasteiger partial charge in [0, 0.05) is 6.54 Å². The maximum atomic E-state index is 9.71. The Morgan fingerprint density at radius 3 is 2.10 bits per heavy atom. The Labute approximate surface area is 123 Å². The van der Waals surface area contributed by atoms with E-state index in [4.69, 9.17) is 29.8 Å².